The van der Waals surface area contributed by atoms with Crippen LogP contribution in [0.4, 0.5) is 0 Å². The van der Waals surface area contributed by atoms with Crippen LogP contribution >= 0.6 is 58.4 Å². The van der Waals surface area contributed by atoms with Crippen LogP contribution in [-0.2, 0) is 0 Å². The van der Waals surface area contributed by atoms with Crippen molar-refractivity contribution in [3.05, 3.63) is 68.7 Å². The maximum absolute atomic E-state index is 12.6. The Kier molecular flexibility index (Phi) is 7.42. The van der Waals surface area contributed by atoms with Gasteiger partial charge in [0.15, 0.2) is 5.78 Å². The Hall–Kier alpha value is -1.01. The zero-order valence-corrected chi connectivity index (χ0v) is 18.1. The van der Waals surface area contributed by atoms with Crippen LogP contribution in [0.1, 0.15) is 41.0 Å². The SMILES string of the molecule is CC(C)(CC(=O)c1ccc(Cl)cc1)N(Cl)N(Cl)C(=O)c1ccc(Cl)cc1Cl. The fraction of sp³-hybridized carbons (Fsp3) is 0.222. The van der Waals surface area contributed by atoms with E-state index in [1.807, 2.05) is 0 Å². The third kappa shape index (κ3) is 5.50. The molecule has 0 fully saturated rings. The summed E-state index contributed by atoms with van der Waals surface area (Å²) < 4.78 is 1.65. The number of benzene rings is 2. The van der Waals surface area contributed by atoms with Crippen LogP contribution in [0, 0.1) is 0 Å². The molecule has 9 heteroatoms. The number of ketones is 1. The van der Waals surface area contributed by atoms with Gasteiger partial charge in [-0.05, 0) is 56.3 Å². The fourth-order valence-electron chi connectivity index (χ4n) is 2.28. The third-order valence-electron chi connectivity index (χ3n) is 3.74. The lowest BCUT2D eigenvalue weighted by atomic mass is 9.95. The quantitative estimate of drug-likeness (QED) is 0.270. The van der Waals surface area contributed by atoms with Crippen molar-refractivity contribution in [3.8, 4) is 0 Å². The number of rotatable bonds is 6. The predicted molar refractivity (Wildman–Crippen MR) is 111 cm³/mol. The van der Waals surface area contributed by atoms with Gasteiger partial charge in [0, 0.05) is 45.6 Å². The largest absolute Gasteiger partial charge is 0.294 e. The molecule has 0 spiro atoms. The zero-order valence-electron chi connectivity index (χ0n) is 14.3. The lowest BCUT2D eigenvalue weighted by molar-refractivity contribution is 0.0374. The highest BCUT2D eigenvalue weighted by Gasteiger charge is 2.36. The maximum Gasteiger partial charge on any atom is 0.285 e. The molecule has 0 heterocycles. The van der Waals surface area contributed by atoms with Crippen molar-refractivity contribution >= 4 is 70.0 Å². The zero-order chi connectivity index (χ0) is 20.4. The van der Waals surface area contributed by atoms with E-state index < -0.39 is 11.4 Å². The first-order chi connectivity index (χ1) is 12.5. The van der Waals surface area contributed by atoms with Gasteiger partial charge in [0.05, 0.1) is 16.1 Å². The highest BCUT2D eigenvalue weighted by Crippen LogP contribution is 2.30. The molecule has 0 aromatic heterocycles. The monoisotopic (exact) mass is 466 g/mol. The summed E-state index contributed by atoms with van der Waals surface area (Å²) >= 11 is 30.1. The second kappa shape index (κ2) is 8.99. The molecule has 27 heavy (non-hydrogen) atoms. The minimum Gasteiger partial charge on any atom is -0.294 e. The molecule has 4 nitrogen and oxygen atoms in total. The van der Waals surface area contributed by atoms with Crippen LogP contribution in [0.2, 0.25) is 15.1 Å². The number of amides is 1. The number of hydrazine groups is 1. The molecule has 1 amide bonds. The molecule has 2 aromatic carbocycles. The number of halogens is 5. The van der Waals surface area contributed by atoms with Crippen LogP contribution in [0.25, 0.3) is 0 Å². The van der Waals surface area contributed by atoms with Crippen molar-refractivity contribution in [2.75, 3.05) is 0 Å². The van der Waals surface area contributed by atoms with E-state index in [2.05, 4.69) is 0 Å². The third-order valence-corrected chi connectivity index (χ3v) is 5.53. The molecule has 0 radical (unpaired) electrons. The first kappa shape index (κ1) is 22.3. The normalized spacial score (nSPS) is 11.6. The minimum absolute atomic E-state index is 0.00296. The summed E-state index contributed by atoms with van der Waals surface area (Å²) in [5.74, 6) is -0.829. The second-order valence-electron chi connectivity index (χ2n) is 6.37. The summed E-state index contributed by atoms with van der Waals surface area (Å²) in [4.78, 5) is 25.1. The molecule has 0 N–H and O–H groups in total. The van der Waals surface area contributed by atoms with E-state index in [1.54, 1.807) is 38.1 Å². The van der Waals surface area contributed by atoms with Gasteiger partial charge in [-0.3, -0.25) is 9.59 Å². The minimum atomic E-state index is -0.978. The van der Waals surface area contributed by atoms with Crippen molar-refractivity contribution in [3.63, 3.8) is 0 Å². The lowest BCUT2D eigenvalue weighted by Crippen LogP contribution is -2.48. The Morgan fingerprint density at radius 3 is 2.04 bits per heavy atom. The summed E-state index contributed by atoms with van der Waals surface area (Å²) in [6.45, 7) is 3.36. The topological polar surface area (TPSA) is 40.6 Å². The highest BCUT2D eigenvalue weighted by atomic mass is 35.5. The molecule has 2 rings (SSSR count). The van der Waals surface area contributed by atoms with Gasteiger partial charge in [-0.15, -0.1) is 4.53 Å². The lowest BCUT2D eigenvalue weighted by Gasteiger charge is -2.36. The summed E-state index contributed by atoms with van der Waals surface area (Å²) in [7, 11) is 0. The second-order valence-corrected chi connectivity index (χ2v) is 8.29. The van der Waals surface area contributed by atoms with Crippen molar-refractivity contribution in [1.29, 1.82) is 0 Å². The van der Waals surface area contributed by atoms with Crippen LogP contribution in [-0.4, -0.2) is 26.3 Å². The molecular weight excluding hydrogens is 453 g/mol. The summed E-state index contributed by atoms with van der Waals surface area (Å²) in [6.07, 6.45) is 0.00296. The summed E-state index contributed by atoms with van der Waals surface area (Å²) in [5.41, 5.74) is -0.374. The number of carbonyl (C=O) groups is 2. The van der Waals surface area contributed by atoms with Gasteiger partial charge in [0.1, 0.15) is 0 Å². The Morgan fingerprint density at radius 1 is 0.926 bits per heavy atom. The molecule has 0 aliphatic heterocycles. The molecule has 0 saturated heterocycles. The van der Waals surface area contributed by atoms with Gasteiger partial charge in [0.25, 0.3) is 5.91 Å². The number of carbonyl (C=O) groups excluding carboxylic acids is 2. The summed E-state index contributed by atoms with van der Waals surface area (Å²) in [6, 6.07) is 10.9. The number of Topliss-reactive ketones (excluding diaryl/α,β-unsaturated/α-hetero) is 1. The van der Waals surface area contributed by atoms with Gasteiger partial charge in [0.2, 0.25) is 0 Å². The van der Waals surface area contributed by atoms with Gasteiger partial charge in [-0.2, -0.15) is 4.53 Å². The van der Waals surface area contributed by atoms with Crippen LogP contribution < -0.4 is 0 Å². The predicted octanol–water partition coefficient (Wildman–Crippen LogP) is 6.67. The van der Waals surface area contributed by atoms with Crippen molar-refractivity contribution in [1.82, 2.24) is 9.06 Å². The Balaban J connectivity index is 2.15. The molecule has 0 aliphatic carbocycles. The van der Waals surface area contributed by atoms with Crippen molar-refractivity contribution in [2.45, 2.75) is 25.8 Å². The number of hydrogen-bond acceptors (Lipinski definition) is 3. The smallest absolute Gasteiger partial charge is 0.285 e. The number of hydrogen-bond donors (Lipinski definition) is 0. The Labute approximate surface area is 182 Å². The molecule has 2 aromatic rings. The van der Waals surface area contributed by atoms with E-state index >= 15 is 0 Å². The standard InChI is InChI=1S/C18H15Cl5N2O2/c1-18(2,10-16(26)11-3-5-12(19)6-4-11)25(23)24(22)17(27)14-8-7-13(20)9-15(14)21/h3-9H,10H2,1-2H3. The first-order valence-corrected chi connectivity index (χ1v) is 9.54. The first-order valence-electron chi connectivity index (χ1n) is 7.73. The van der Waals surface area contributed by atoms with E-state index in [0.29, 0.717) is 20.1 Å². The molecule has 0 saturated carbocycles. The van der Waals surface area contributed by atoms with E-state index in [-0.39, 0.29) is 22.8 Å². The molecule has 0 bridgehead atoms. The van der Waals surface area contributed by atoms with Crippen LogP contribution in [0.15, 0.2) is 42.5 Å². The van der Waals surface area contributed by atoms with E-state index in [1.165, 1.54) is 18.2 Å². The van der Waals surface area contributed by atoms with Gasteiger partial charge in [-0.25, -0.2) is 0 Å². The van der Waals surface area contributed by atoms with Crippen LogP contribution in [0.5, 0.6) is 0 Å². The summed E-state index contributed by atoms with van der Waals surface area (Å²) in [5, 5.41) is 1.05. The Morgan fingerprint density at radius 2 is 1.48 bits per heavy atom. The van der Waals surface area contributed by atoms with Gasteiger partial charge in [-0.1, -0.05) is 34.8 Å². The Bertz CT molecular complexity index is 855. The maximum atomic E-state index is 12.6. The average molecular weight is 469 g/mol. The van der Waals surface area contributed by atoms with E-state index in [4.69, 9.17) is 58.4 Å². The molecule has 0 aliphatic rings. The molecule has 0 atom stereocenters. The van der Waals surface area contributed by atoms with Crippen molar-refractivity contribution in [2.24, 2.45) is 0 Å². The van der Waals surface area contributed by atoms with E-state index in [9.17, 15) is 9.59 Å². The van der Waals surface area contributed by atoms with Crippen LogP contribution in [0.3, 0.4) is 0 Å². The molecule has 144 valence electrons. The average Bonchev–Trinajstić information content (AvgIpc) is 2.60. The van der Waals surface area contributed by atoms with Gasteiger partial charge >= 0.3 is 0 Å². The molecular formula is C18H15Cl5N2O2. The molecule has 0 unspecified atom stereocenters. The van der Waals surface area contributed by atoms with E-state index in [0.717, 1.165) is 4.53 Å². The fourth-order valence-corrected chi connectivity index (χ4v) is 3.32. The van der Waals surface area contributed by atoms with Crippen molar-refractivity contribution < 1.29 is 9.59 Å². The highest BCUT2D eigenvalue weighted by molar-refractivity contribution is 6.38. The van der Waals surface area contributed by atoms with Gasteiger partial charge < -0.3 is 0 Å². The number of nitrogens with zero attached hydrogens (tertiary/aromatic N) is 2.